The Bertz CT molecular complexity index is 433. The average molecular weight is 191 g/mol. The van der Waals surface area contributed by atoms with E-state index in [4.69, 9.17) is 5.73 Å². The SMILES string of the molecule is CC1(C)[C@@H]2Cc3c(C(N)=O)n[nH]c3[C@@H]21. The summed E-state index contributed by atoms with van der Waals surface area (Å²) in [5.41, 5.74) is 8.28. The van der Waals surface area contributed by atoms with Gasteiger partial charge in [0.15, 0.2) is 5.69 Å². The standard InChI is InChI=1S/C10H13N3O/c1-10(2)5-3-4-7(6(5)10)12-13-8(4)9(11)14/h5-6H,3H2,1-2H3,(H2,11,14)(H,12,13)/t5-,6-/m1/s1. The molecule has 0 radical (unpaired) electrons. The molecule has 1 aromatic rings. The van der Waals surface area contributed by atoms with Crippen LogP contribution in [0.15, 0.2) is 0 Å². The number of nitrogens with zero attached hydrogens (tertiary/aromatic N) is 1. The third-order valence-corrected chi connectivity index (χ3v) is 3.92. The van der Waals surface area contributed by atoms with Gasteiger partial charge in [0.2, 0.25) is 0 Å². The van der Waals surface area contributed by atoms with Crippen LogP contribution in [0.1, 0.15) is 41.5 Å². The molecule has 1 aromatic heterocycles. The molecule has 4 heteroatoms. The molecule has 3 rings (SSSR count). The number of amides is 1. The number of nitrogens with two attached hydrogens (primary N) is 1. The van der Waals surface area contributed by atoms with Gasteiger partial charge in [0.05, 0.1) is 0 Å². The zero-order valence-electron chi connectivity index (χ0n) is 8.29. The van der Waals surface area contributed by atoms with Crippen molar-refractivity contribution in [1.29, 1.82) is 0 Å². The maximum absolute atomic E-state index is 11.0. The van der Waals surface area contributed by atoms with E-state index in [-0.39, 0.29) is 0 Å². The Balaban J connectivity index is 2.07. The topological polar surface area (TPSA) is 71.8 Å². The minimum absolute atomic E-state index is 0.383. The zero-order valence-corrected chi connectivity index (χ0v) is 8.29. The molecule has 0 bridgehead atoms. The van der Waals surface area contributed by atoms with Crippen molar-refractivity contribution in [1.82, 2.24) is 10.2 Å². The van der Waals surface area contributed by atoms with Gasteiger partial charge >= 0.3 is 0 Å². The summed E-state index contributed by atoms with van der Waals surface area (Å²) in [6, 6.07) is 0. The Hall–Kier alpha value is -1.32. The van der Waals surface area contributed by atoms with Crippen molar-refractivity contribution in [2.75, 3.05) is 0 Å². The number of nitrogens with one attached hydrogen (secondary N) is 1. The number of carbonyl (C=O) groups excluding carboxylic acids is 1. The van der Waals surface area contributed by atoms with Gasteiger partial charge in [-0.1, -0.05) is 13.8 Å². The highest BCUT2D eigenvalue weighted by Crippen LogP contribution is 2.69. The molecule has 2 atom stereocenters. The minimum Gasteiger partial charge on any atom is -0.364 e. The number of rotatable bonds is 1. The van der Waals surface area contributed by atoms with Crippen LogP contribution in [0, 0.1) is 11.3 Å². The van der Waals surface area contributed by atoms with Crippen molar-refractivity contribution in [3.05, 3.63) is 17.0 Å². The highest BCUT2D eigenvalue weighted by Gasteiger charge is 2.63. The average Bonchev–Trinajstić information content (AvgIpc) is 2.49. The molecule has 1 heterocycles. The molecule has 1 fully saturated rings. The zero-order chi connectivity index (χ0) is 10.1. The van der Waals surface area contributed by atoms with Crippen molar-refractivity contribution >= 4 is 5.91 Å². The van der Waals surface area contributed by atoms with Crippen LogP contribution >= 0.6 is 0 Å². The fourth-order valence-electron chi connectivity index (χ4n) is 2.96. The molecular weight excluding hydrogens is 178 g/mol. The van der Waals surface area contributed by atoms with Gasteiger partial charge in [-0.3, -0.25) is 9.89 Å². The summed E-state index contributed by atoms with van der Waals surface area (Å²) >= 11 is 0. The molecule has 0 aromatic carbocycles. The summed E-state index contributed by atoms with van der Waals surface area (Å²) in [7, 11) is 0. The Morgan fingerprint density at radius 3 is 3.00 bits per heavy atom. The van der Waals surface area contributed by atoms with Crippen LogP contribution in [-0.2, 0) is 6.42 Å². The van der Waals surface area contributed by atoms with E-state index in [0.29, 0.717) is 22.9 Å². The van der Waals surface area contributed by atoms with Gasteiger partial charge in [0.1, 0.15) is 0 Å². The second-order valence-corrected chi connectivity index (χ2v) is 4.94. The smallest absolute Gasteiger partial charge is 0.269 e. The van der Waals surface area contributed by atoms with E-state index in [0.717, 1.165) is 17.7 Å². The van der Waals surface area contributed by atoms with Gasteiger partial charge < -0.3 is 5.73 Å². The summed E-state index contributed by atoms with van der Waals surface area (Å²) in [5.74, 6) is 0.838. The van der Waals surface area contributed by atoms with Crippen LogP contribution in [0.5, 0.6) is 0 Å². The third-order valence-electron chi connectivity index (χ3n) is 3.92. The first-order valence-electron chi connectivity index (χ1n) is 4.90. The van der Waals surface area contributed by atoms with Crippen LogP contribution in [0.3, 0.4) is 0 Å². The number of aromatic nitrogens is 2. The highest BCUT2D eigenvalue weighted by molar-refractivity contribution is 5.93. The Morgan fingerprint density at radius 2 is 2.36 bits per heavy atom. The second-order valence-electron chi connectivity index (χ2n) is 4.94. The fraction of sp³-hybridized carbons (Fsp3) is 0.600. The summed E-state index contributed by atoms with van der Waals surface area (Å²) in [4.78, 5) is 11.0. The van der Waals surface area contributed by atoms with Crippen LogP contribution < -0.4 is 5.73 Å². The largest absolute Gasteiger partial charge is 0.364 e. The predicted molar refractivity (Wildman–Crippen MR) is 50.8 cm³/mol. The van der Waals surface area contributed by atoms with Gasteiger partial charge in [-0.15, -0.1) is 0 Å². The molecule has 0 spiro atoms. The lowest BCUT2D eigenvalue weighted by Gasteiger charge is -2.06. The Morgan fingerprint density at radius 1 is 1.64 bits per heavy atom. The molecule has 0 unspecified atom stereocenters. The maximum Gasteiger partial charge on any atom is 0.269 e. The lowest BCUT2D eigenvalue weighted by Crippen LogP contribution is -2.14. The first kappa shape index (κ1) is 8.03. The van der Waals surface area contributed by atoms with Gasteiger partial charge in [0.25, 0.3) is 5.91 Å². The monoisotopic (exact) mass is 191 g/mol. The van der Waals surface area contributed by atoms with E-state index in [1.165, 1.54) is 0 Å². The first-order chi connectivity index (χ1) is 6.53. The van der Waals surface area contributed by atoms with Crippen LogP contribution in [0.25, 0.3) is 0 Å². The molecule has 0 aliphatic heterocycles. The van der Waals surface area contributed by atoms with Crippen molar-refractivity contribution in [3.63, 3.8) is 0 Å². The van der Waals surface area contributed by atoms with E-state index >= 15 is 0 Å². The first-order valence-corrected chi connectivity index (χ1v) is 4.90. The number of hydrogen-bond donors (Lipinski definition) is 2. The quantitative estimate of drug-likeness (QED) is 0.689. The fourth-order valence-corrected chi connectivity index (χ4v) is 2.96. The van der Waals surface area contributed by atoms with Crippen molar-refractivity contribution in [2.45, 2.75) is 26.2 Å². The van der Waals surface area contributed by atoms with Crippen molar-refractivity contribution < 1.29 is 4.79 Å². The molecular formula is C10H13N3O. The number of carbonyl (C=O) groups is 1. The van der Waals surface area contributed by atoms with Gasteiger partial charge in [-0.05, 0) is 17.8 Å². The molecule has 14 heavy (non-hydrogen) atoms. The molecule has 0 saturated heterocycles. The summed E-state index contributed by atoms with van der Waals surface area (Å²) in [6.45, 7) is 4.52. The lowest BCUT2D eigenvalue weighted by molar-refractivity contribution is 0.0994. The normalized spacial score (nSPS) is 31.0. The molecule has 3 N–H and O–H groups in total. The van der Waals surface area contributed by atoms with Gasteiger partial charge in [-0.25, -0.2) is 0 Å². The molecule has 2 aliphatic rings. The molecule has 1 saturated carbocycles. The summed E-state index contributed by atoms with van der Waals surface area (Å²) < 4.78 is 0. The van der Waals surface area contributed by atoms with Crippen LogP contribution in [-0.4, -0.2) is 16.1 Å². The predicted octanol–water partition coefficient (Wildman–Crippen LogP) is 0.804. The van der Waals surface area contributed by atoms with Gasteiger partial charge in [-0.2, -0.15) is 5.10 Å². The number of fused-ring (bicyclic) bond motifs is 3. The molecule has 74 valence electrons. The van der Waals surface area contributed by atoms with E-state index in [2.05, 4.69) is 24.0 Å². The number of aromatic amines is 1. The van der Waals surface area contributed by atoms with Crippen LogP contribution in [0.4, 0.5) is 0 Å². The van der Waals surface area contributed by atoms with E-state index < -0.39 is 5.91 Å². The van der Waals surface area contributed by atoms with Crippen LogP contribution in [0.2, 0.25) is 0 Å². The third kappa shape index (κ3) is 0.705. The number of primary amides is 1. The molecule has 1 amide bonds. The van der Waals surface area contributed by atoms with E-state index in [1.807, 2.05) is 0 Å². The van der Waals surface area contributed by atoms with Gasteiger partial charge in [0, 0.05) is 17.2 Å². The molecule has 2 aliphatic carbocycles. The molecule has 4 nitrogen and oxygen atoms in total. The second kappa shape index (κ2) is 2.02. The number of hydrogen-bond acceptors (Lipinski definition) is 2. The summed E-state index contributed by atoms with van der Waals surface area (Å²) in [6.07, 6.45) is 0.960. The van der Waals surface area contributed by atoms with Crippen molar-refractivity contribution in [3.8, 4) is 0 Å². The van der Waals surface area contributed by atoms with E-state index in [1.54, 1.807) is 0 Å². The highest BCUT2D eigenvalue weighted by atomic mass is 16.1. The van der Waals surface area contributed by atoms with E-state index in [9.17, 15) is 4.79 Å². The number of H-pyrrole nitrogens is 1. The Kier molecular flexibility index (Phi) is 1.16. The summed E-state index contributed by atoms with van der Waals surface area (Å²) in [5, 5.41) is 6.94. The van der Waals surface area contributed by atoms with Crippen molar-refractivity contribution in [2.24, 2.45) is 17.1 Å². The Labute approximate surface area is 81.9 Å². The minimum atomic E-state index is -0.415. The maximum atomic E-state index is 11.0. The lowest BCUT2D eigenvalue weighted by atomic mass is 9.98.